The topological polar surface area (TPSA) is 40.1 Å². The van der Waals surface area contributed by atoms with Crippen LogP contribution in [0.4, 0.5) is 0 Å². The van der Waals surface area contributed by atoms with Gasteiger partial charge in [-0.05, 0) is 6.92 Å². The van der Waals surface area contributed by atoms with Crippen molar-refractivity contribution in [2.24, 2.45) is 0 Å². The number of aliphatic carboxylic acids is 1. The molecule has 0 aliphatic heterocycles. The average Bonchev–Trinajstić information content (AvgIpc) is 0.811. The van der Waals surface area contributed by atoms with Crippen molar-refractivity contribution in [3.63, 3.8) is 0 Å². The van der Waals surface area contributed by atoms with E-state index in [0.29, 0.717) is 0 Å². The Morgan fingerprint density at radius 1 is 1.00 bits per heavy atom. The molecule has 10 heavy (non-hydrogen) atoms. The van der Waals surface area contributed by atoms with E-state index >= 15 is 0 Å². The molecule has 0 saturated heterocycles. The van der Waals surface area contributed by atoms with Crippen molar-refractivity contribution in [1.82, 2.24) is 0 Å². The summed E-state index contributed by atoms with van der Waals surface area (Å²) in [6.45, 7) is 0.972. The number of carboxylic acids is 1. The molecule has 0 N–H and O–H groups in total. The minimum absolute atomic E-state index is 0. The van der Waals surface area contributed by atoms with Gasteiger partial charge in [-0.25, -0.2) is 0 Å². The van der Waals surface area contributed by atoms with Gasteiger partial charge >= 0.3 is 17.4 Å². The van der Waals surface area contributed by atoms with Crippen LogP contribution in [-0.4, -0.2) is 5.97 Å². The Balaban J connectivity index is -0.00000000300. The van der Waals surface area contributed by atoms with Gasteiger partial charge in [-0.3, -0.25) is 0 Å². The van der Waals surface area contributed by atoms with Gasteiger partial charge in [0.25, 0.3) is 0 Å². The summed E-state index contributed by atoms with van der Waals surface area (Å²) >= 11 is 0. The van der Waals surface area contributed by atoms with Gasteiger partial charge in [0, 0.05) is 5.97 Å². The maximum Gasteiger partial charge on any atom is 6.00 e. The molecular formula is C2H3Cl5CrO2. The number of rotatable bonds is 0. The van der Waals surface area contributed by atoms with E-state index in [1.54, 1.807) is 0 Å². The number of carboxylic acid groups (broad SMARTS) is 1. The van der Waals surface area contributed by atoms with E-state index in [-0.39, 0.29) is 79.4 Å². The second kappa shape index (κ2) is 47.1. The van der Waals surface area contributed by atoms with E-state index in [2.05, 4.69) is 0 Å². The summed E-state index contributed by atoms with van der Waals surface area (Å²) in [4.78, 5) is 8.89. The Morgan fingerprint density at radius 2 is 1.00 bits per heavy atom. The van der Waals surface area contributed by atoms with E-state index in [0.717, 1.165) is 6.92 Å². The van der Waals surface area contributed by atoms with E-state index in [1.165, 1.54) is 0 Å². The van der Waals surface area contributed by atoms with Gasteiger partial charge in [-0.1, -0.05) is 0 Å². The zero-order valence-corrected chi connectivity index (χ0v) is 9.67. The van der Waals surface area contributed by atoms with Crippen molar-refractivity contribution in [2.45, 2.75) is 6.92 Å². The molecular weight excluding hydrogens is 285 g/mol. The third-order valence-electron chi connectivity index (χ3n) is 0. The van der Waals surface area contributed by atoms with E-state index in [4.69, 9.17) is 9.90 Å². The standard InChI is InChI=1S/C2H4O2.5ClH.Cr/c1-2(3)4;;;;;;/h1H3,(H,3,4);5*1H;/q;;;;;;+6/p-6. The van der Waals surface area contributed by atoms with E-state index in [1.807, 2.05) is 0 Å². The minimum Gasteiger partial charge on any atom is -1.00 e. The van der Waals surface area contributed by atoms with Crippen LogP contribution < -0.4 is 67.1 Å². The molecule has 0 fully saturated rings. The van der Waals surface area contributed by atoms with E-state index in [9.17, 15) is 0 Å². The average molecular weight is 288 g/mol. The van der Waals surface area contributed by atoms with Crippen LogP contribution in [0, 0.1) is 0 Å². The zero-order valence-electron chi connectivity index (χ0n) is 4.61. The van der Waals surface area contributed by atoms with Gasteiger partial charge in [0.1, 0.15) is 0 Å². The fourth-order valence-electron chi connectivity index (χ4n) is 0. The van der Waals surface area contributed by atoms with Crippen molar-refractivity contribution in [1.29, 1.82) is 0 Å². The molecule has 0 aromatic heterocycles. The molecule has 0 atom stereocenters. The largest absolute Gasteiger partial charge is 6.00 e. The number of halogens is 5. The van der Waals surface area contributed by atoms with Crippen molar-refractivity contribution >= 4 is 5.97 Å². The van der Waals surface area contributed by atoms with Crippen molar-refractivity contribution in [2.75, 3.05) is 0 Å². The Morgan fingerprint density at radius 3 is 1.00 bits per heavy atom. The van der Waals surface area contributed by atoms with Crippen LogP contribution in [0.25, 0.3) is 0 Å². The predicted molar refractivity (Wildman–Crippen MR) is 10.7 cm³/mol. The Hall–Kier alpha value is 1.45. The molecule has 0 heterocycles. The van der Waals surface area contributed by atoms with Gasteiger partial charge < -0.3 is 71.9 Å². The van der Waals surface area contributed by atoms with Crippen molar-refractivity contribution in [3.8, 4) is 0 Å². The number of carbonyl (C=O) groups is 1. The van der Waals surface area contributed by atoms with Gasteiger partial charge in [-0.2, -0.15) is 0 Å². The summed E-state index contributed by atoms with van der Waals surface area (Å²) in [6.07, 6.45) is 0. The summed E-state index contributed by atoms with van der Waals surface area (Å²) in [6, 6.07) is 0. The van der Waals surface area contributed by atoms with Gasteiger partial charge in [0.05, 0.1) is 0 Å². The molecule has 2 nitrogen and oxygen atoms in total. The maximum atomic E-state index is 8.89. The first-order valence-corrected chi connectivity index (χ1v) is 0.908. The van der Waals surface area contributed by atoms with Gasteiger partial charge in [0.2, 0.25) is 0 Å². The molecule has 0 rings (SSSR count). The van der Waals surface area contributed by atoms with Gasteiger partial charge in [0.15, 0.2) is 0 Å². The normalized spacial score (nSPS) is 2.50. The molecule has 8 heteroatoms. The Kier molecular flexibility index (Phi) is 297. The van der Waals surface area contributed by atoms with Crippen molar-refractivity contribution < 1.29 is 89.3 Å². The third-order valence-corrected chi connectivity index (χ3v) is 0. The molecule has 0 radical (unpaired) electrons. The molecule has 0 aromatic carbocycles. The second-order valence-corrected chi connectivity index (χ2v) is 0.492. The molecule has 0 aromatic rings. The van der Waals surface area contributed by atoms with E-state index < -0.39 is 5.97 Å². The van der Waals surface area contributed by atoms with Crippen LogP contribution in [0.2, 0.25) is 0 Å². The molecule has 0 spiro atoms. The molecule has 0 saturated carbocycles. The molecule has 0 bridgehead atoms. The molecule has 0 amide bonds. The van der Waals surface area contributed by atoms with Crippen LogP contribution in [0.3, 0.4) is 0 Å². The Labute approximate surface area is 102 Å². The van der Waals surface area contributed by atoms with Crippen LogP contribution in [0.5, 0.6) is 0 Å². The van der Waals surface area contributed by atoms with Crippen LogP contribution in [-0.2, 0) is 22.2 Å². The molecule has 0 aliphatic carbocycles. The second-order valence-electron chi connectivity index (χ2n) is 0.492. The number of carbonyl (C=O) groups excluding carboxylic acids is 1. The summed E-state index contributed by atoms with van der Waals surface area (Å²) in [5.74, 6) is -1.08. The summed E-state index contributed by atoms with van der Waals surface area (Å²) in [5, 5.41) is 8.89. The maximum absolute atomic E-state index is 8.89. The smallest absolute Gasteiger partial charge is 1.00 e. The fourth-order valence-corrected chi connectivity index (χ4v) is 0. The first-order chi connectivity index (χ1) is 1.73. The Bertz CT molecular complexity index is 40.6. The summed E-state index contributed by atoms with van der Waals surface area (Å²) < 4.78 is 0. The van der Waals surface area contributed by atoms with Crippen LogP contribution >= 0.6 is 0 Å². The van der Waals surface area contributed by atoms with Gasteiger partial charge in [-0.15, -0.1) is 0 Å². The first kappa shape index (κ1) is 63.1. The zero-order chi connectivity index (χ0) is 3.58. The van der Waals surface area contributed by atoms with Crippen LogP contribution in [0.15, 0.2) is 0 Å². The van der Waals surface area contributed by atoms with Crippen molar-refractivity contribution in [3.05, 3.63) is 0 Å². The third kappa shape index (κ3) is 320. The molecule has 64 valence electrons. The molecule has 0 aliphatic rings. The monoisotopic (exact) mass is 286 g/mol. The molecule has 0 unspecified atom stereocenters. The quantitative estimate of drug-likeness (QED) is 0.444. The first-order valence-electron chi connectivity index (χ1n) is 0.908. The number of hydrogen-bond acceptors (Lipinski definition) is 2. The number of hydrogen-bond donors (Lipinski definition) is 0. The summed E-state index contributed by atoms with van der Waals surface area (Å²) in [5.41, 5.74) is 0. The predicted octanol–water partition coefficient (Wildman–Crippen LogP) is -16.2. The minimum atomic E-state index is -1.08. The summed E-state index contributed by atoms with van der Waals surface area (Å²) in [7, 11) is 0. The van der Waals surface area contributed by atoms with Crippen LogP contribution in [0.1, 0.15) is 6.92 Å². The fraction of sp³-hybridized carbons (Fsp3) is 0.500. The SMILES string of the molecule is CC(=O)[O-].[Cl-].[Cl-].[Cl-].[Cl-].[Cl-].[Cr+6].